The average molecular weight is 247 g/mol. The molecule has 3 heteroatoms. The van der Waals surface area contributed by atoms with Gasteiger partial charge in [0, 0.05) is 0 Å². The minimum absolute atomic E-state index is 0.693. The molecule has 0 atom stereocenters. The maximum atomic E-state index is 6.91. The molecule has 17 heavy (non-hydrogen) atoms. The van der Waals surface area contributed by atoms with E-state index in [9.17, 15) is 0 Å². The molecule has 0 heterocycles. The molecular weight excluding hydrogens is 226 g/mol. The lowest BCUT2D eigenvalue weighted by molar-refractivity contribution is 0.287. The van der Waals surface area contributed by atoms with E-state index in [4.69, 9.17) is 11.0 Å². The lowest BCUT2D eigenvalue weighted by Crippen LogP contribution is -2.35. The van der Waals surface area contributed by atoms with Crippen molar-refractivity contribution in [2.24, 2.45) is 0 Å². The number of rotatable bonds is 6. The zero-order valence-electron chi connectivity index (χ0n) is 11.0. The normalized spacial score (nSPS) is 11.2. The van der Waals surface area contributed by atoms with Crippen LogP contribution < -0.4 is 0 Å². The first-order valence-corrected chi connectivity index (χ1v) is 8.83. The van der Waals surface area contributed by atoms with Gasteiger partial charge in [0.05, 0.1) is 13.2 Å². The molecule has 0 unspecified atom stereocenters. The molecule has 0 aromatic heterocycles. The minimum atomic E-state index is -1.48. The minimum Gasteiger partial charge on any atom is -0.413 e. The van der Waals surface area contributed by atoms with Crippen molar-refractivity contribution in [3.05, 3.63) is 41.2 Å². The van der Waals surface area contributed by atoms with Crippen LogP contribution in [0.2, 0.25) is 18.1 Å². The van der Waals surface area contributed by atoms with Crippen molar-refractivity contribution in [1.82, 2.24) is 0 Å². The molecular formula is C14H21NOSi. The average Bonchev–Trinajstić information content (AvgIpc) is 2.41. The van der Waals surface area contributed by atoms with Gasteiger partial charge >= 0.3 is 0 Å². The molecule has 2 nitrogen and oxygen atoms in total. The van der Waals surface area contributed by atoms with Crippen LogP contribution in [0.15, 0.2) is 24.3 Å². The van der Waals surface area contributed by atoms with Crippen molar-refractivity contribution in [1.29, 1.82) is 0 Å². The van der Waals surface area contributed by atoms with E-state index in [2.05, 4.69) is 25.6 Å². The largest absolute Gasteiger partial charge is 0.413 e. The van der Waals surface area contributed by atoms with Gasteiger partial charge in [-0.25, -0.2) is 4.85 Å². The molecule has 1 aromatic carbocycles. The molecule has 0 saturated carbocycles. The summed E-state index contributed by atoms with van der Waals surface area (Å²) in [5, 5.41) is 0. The van der Waals surface area contributed by atoms with Gasteiger partial charge < -0.3 is 4.43 Å². The summed E-state index contributed by atoms with van der Waals surface area (Å²) in [7, 11) is -1.48. The van der Waals surface area contributed by atoms with Crippen molar-refractivity contribution in [2.45, 2.75) is 45.5 Å². The van der Waals surface area contributed by atoms with Crippen LogP contribution in [0.1, 0.15) is 26.3 Å². The van der Waals surface area contributed by atoms with Crippen molar-refractivity contribution in [3.63, 3.8) is 0 Å². The van der Waals surface area contributed by atoms with E-state index in [1.807, 2.05) is 24.3 Å². The summed E-state index contributed by atoms with van der Waals surface area (Å²) in [4.78, 5) is 3.39. The summed E-state index contributed by atoms with van der Waals surface area (Å²) < 4.78 is 6.20. The Kier molecular flexibility index (Phi) is 5.40. The maximum absolute atomic E-state index is 6.91. The Morgan fingerprint density at radius 2 is 1.59 bits per heavy atom. The molecule has 0 saturated heterocycles. The molecule has 0 spiro atoms. The summed E-state index contributed by atoms with van der Waals surface area (Å²) in [5.41, 5.74) is 1.86. The quantitative estimate of drug-likeness (QED) is 0.522. The number of hydrogen-bond donors (Lipinski definition) is 0. The summed E-state index contributed by atoms with van der Waals surface area (Å²) in [5.74, 6) is 0. The van der Waals surface area contributed by atoms with E-state index in [0.29, 0.717) is 12.3 Å². The standard InChI is InChI=1S/C14H21NOSi/c1-5-17(6-2,7-3)16-12-13-8-10-14(15-4)11-9-13/h8-11H,5-7,12H2,1-3H3. The summed E-state index contributed by atoms with van der Waals surface area (Å²) >= 11 is 0. The number of nitrogens with zero attached hydrogens (tertiary/aromatic N) is 1. The fraction of sp³-hybridized carbons (Fsp3) is 0.500. The third kappa shape index (κ3) is 3.69. The Labute approximate surface area is 106 Å². The fourth-order valence-corrected chi connectivity index (χ4v) is 4.54. The topological polar surface area (TPSA) is 13.6 Å². The van der Waals surface area contributed by atoms with Gasteiger partial charge in [-0.1, -0.05) is 45.0 Å². The van der Waals surface area contributed by atoms with Crippen molar-refractivity contribution in [3.8, 4) is 0 Å². The third-order valence-corrected chi connectivity index (χ3v) is 8.17. The van der Waals surface area contributed by atoms with E-state index in [0.717, 1.165) is 0 Å². The molecule has 0 N–H and O–H groups in total. The molecule has 0 aliphatic carbocycles. The van der Waals surface area contributed by atoms with Crippen LogP contribution in [-0.4, -0.2) is 8.32 Å². The zero-order chi connectivity index (χ0) is 12.7. The summed E-state index contributed by atoms with van der Waals surface area (Å²) in [6, 6.07) is 11.2. The van der Waals surface area contributed by atoms with E-state index in [-0.39, 0.29) is 0 Å². The van der Waals surface area contributed by atoms with Crippen LogP contribution in [0.25, 0.3) is 4.85 Å². The van der Waals surface area contributed by atoms with Crippen LogP contribution in [0.4, 0.5) is 5.69 Å². The Hall–Kier alpha value is -1.11. The smallest absolute Gasteiger partial charge is 0.192 e. The Morgan fingerprint density at radius 3 is 2.00 bits per heavy atom. The Balaban J connectivity index is 2.63. The van der Waals surface area contributed by atoms with E-state index in [1.165, 1.54) is 23.7 Å². The highest BCUT2D eigenvalue weighted by Gasteiger charge is 2.28. The molecule has 0 fully saturated rings. The van der Waals surface area contributed by atoms with Gasteiger partial charge in [0.1, 0.15) is 0 Å². The highest BCUT2D eigenvalue weighted by atomic mass is 28.4. The van der Waals surface area contributed by atoms with Gasteiger partial charge in [-0.3, -0.25) is 0 Å². The molecule has 0 bridgehead atoms. The predicted molar refractivity (Wildman–Crippen MR) is 74.7 cm³/mol. The lowest BCUT2D eigenvalue weighted by Gasteiger charge is -2.28. The van der Waals surface area contributed by atoms with Crippen LogP contribution in [0, 0.1) is 6.57 Å². The monoisotopic (exact) mass is 247 g/mol. The van der Waals surface area contributed by atoms with Crippen molar-refractivity contribution >= 4 is 14.0 Å². The lowest BCUT2D eigenvalue weighted by atomic mass is 10.2. The first-order chi connectivity index (χ1) is 8.19. The fourth-order valence-electron chi connectivity index (χ4n) is 1.96. The van der Waals surface area contributed by atoms with Crippen LogP contribution in [0.3, 0.4) is 0 Å². The third-order valence-electron chi connectivity index (χ3n) is 3.54. The van der Waals surface area contributed by atoms with E-state index in [1.54, 1.807) is 0 Å². The van der Waals surface area contributed by atoms with Gasteiger partial charge in [-0.05, 0) is 23.7 Å². The molecule has 0 radical (unpaired) electrons. The molecule has 92 valence electrons. The van der Waals surface area contributed by atoms with Gasteiger partial charge in [0.15, 0.2) is 14.0 Å². The summed E-state index contributed by atoms with van der Waals surface area (Å²) in [6.45, 7) is 14.3. The van der Waals surface area contributed by atoms with Crippen molar-refractivity contribution < 1.29 is 4.43 Å². The highest BCUT2D eigenvalue weighted by Crippen LogP contribution is 2.23. The van der Waals surface area contributed by atoms with Crippen LogP contribution in [0.5, 0.6) is 0 Å². The molecule has 1 aromatic rings. The number of hydrogen-bond acceptors (Lipinski definition) is 1. The van der Waals surface area contributed by atoms with Crippen LogP contribution in [-0.2, 0) is 11.0 Å². The Morgan fingerprint density at radius 1 is 1.06 bits per heavy atom. The molecule has 0 aliphatic rings. The van der Waals surface area contributed by atoms with Gasteiger partial charge in [0.2, 0.25) is 0 Å². The first kappa shape index (κ1) is 13.9. The van der Waals surface area contributed by atoms with Gasteiger partial charge in [-0.15, -0.1) is 0 Å². The maximum Gasteiger partial charge on any atom is 0.192 e. The second-order valence-electron chi connectivity index (χ2n) is 4.31. The molecule has 0 amide bonds. The van der Waals surface area contributed by atoms with Crippen LogP contribution >= 0.6 is 0 Å². The second-order valence-corrected chi connectivity index (χ2v) is 9.09. The van der Waals surface area contributed by atoms with E-state index >= 15 is 0 Å². The predicted octanol–water partition coefficient (Wildman–Crippen LogP) is 4.76. The zero-order valence-corrected chi connectivity index (χ0v) is 12.0. The first-order valence-electron chi connectivity index (χ1n) is 6.30. The van der Waals surface area contributed by atoms with Gasteiger partial charge in [0.25, 0.3) is 0 Å². The number of benzene rings is 1. The van der Waals surface area contributed by atoms with Crippen molar-refractivity contribution in [2.75, 3.05) is 0 Å². The van der Waals surface area contributed by atoms with E-state index < -0.39 is 8.32 Å². The van der Waals surface area contributed by atoms with Gasteiger partial charge in [-0.2, -0.15) is 0 Å². The second kappa shape index (κ2) is 6.58. The molecule has 1 rings (SSSR count). The Bertz CT molecular complexity index is 368. The highest BCUT2D eigenvalue weighted by molar-refractivity contribution is 6.73. The SMILES string of the molecule is [C-]#[N+]c1ccc(CO[Si](CC)(CC)CC)cc1. The summed E-state index contributed by atoms with van der Waals surface area (Å²) in [6.07, 6.45) is 0. The molecule has 0 aliphatic heterocycles.